The van der Waals surface area contributed by atoms with Crippen molar-refractivity contribution < 1.29 is 23.1 Å². The average molecular weight is 458 g/mol. The molecule has 0 radical (unpaired) electrons. The summed E-state index contributed by atoms with van der Waals surface area (Å²) in [4.78, 5) is 11.1. The number of allylic oxidation sites excluding steroid dienone is 3. The first-order chi connectivity index (χ1) is 14.0. The van der Waals surface area contributed by atoms with Crippen LogP contribution in [0.15, 0.2) is 42.0 Å². The molecule has 1 aromatic heterocycles. The summed E-state index contributed by atoms with van der Waals surface area (Å²) in [6.07, 6.45) is -0.913. The number of rotatable bonds is 4. The molecule has 1 atom stereocenters. The Labute approximate surface area is 182 Å². The lowest BCUT2D eigenvalue weighted by Crippen LogP contribution is -2.29. The second-order valence-corrected chi connectivity index (χ2v) is 8.22. The molecule has 2 aromatic rings. The number of benzene rings is 1. The van der Waals surface area contributed by atoms with E-state index in [1.54, 1.807) is 37.3 Å². The molecule has 1 aliphatic carbocycles. The van der Waals surface area contributed by atoms with Gasteiger partial charge in [0.25, 0.3) is 0 Å². The van der Waals surface area contributed by atoms with Crippen molar-refractivity contribution in [1.29, 1.82) is 0 Å². The molecule has 0 amide bonds. The van der Waals surface area contributed by atoms with Gasteiger partial charge in [0.05, 0.1) is 21.7 Å². The predicted molar refractivity (Wildman–Crippen MR) is 113 cm³/mol. The summed E-state index contributed by atoms with van der Waals surface area (Å²) in [5, 5.41) is 9.80. The molecule has 0 spiro atoms. The van der Waals surface area contributed by atoms with Crippen LogP contribution in [0.2, 0.25) is 10.0 Å². The van der Waals surface area contributed by atoms with Crippen molar-refractivity contribution in [2.45, 2.75) is 39.3 Å². The zero-order valence-corrected chi connectivity index (χ0v) is 17.9. The maximum atomic E-state index is 13.3. The Morgan fingerprint density at radius 3 is 2.47 bits per heavy atom. The third-order valence-corrected chi connectivity index (χ3v) is 6.07. The van der Waals surface area contributed by atoms with E-state index in [9.17, 15) is 18.0 Å². The number of carbonyl (C=O) groups is 1. The molecule has 1 unspecified atom stereocenters. The van der Waals surface area contributed by atoms with Crippen LogP contribution in [-0.2, 0) is 17.6 Å². The van der Waals surface area contributed by atoms with Crippen molar-refractivity contribution in [3.05, 3.63) is 63.3 Å². The Morgan fingerprint density at radius 1 is 1.17 bits per heavy atom. The first-order valence-electron chi connectivity index (χ1n) is 9.33. The van der Waals surface area contributed by atoms with Crippen LogP contribution in [0.1, 0.15) is 31.5 Å². The fraction of sp³-hybridized carbons (Fsp3) is 0.318. The maximum absolute atomic E-state index is 13.3. The molecular formula is C22H20Cl2F3NO2. The third kappa shape index (κ3) is 4.60. The smallest absolute Gasteiger partial charge is 0.392 e. The van der Waals surface area contributed by atoms with E-state index in [0.29, 0.717) is 32.6 Å². The quantitative estimate of drug-likeness (QED) is 0.395. The van der Waals surface area contributed by atoms with Crippen molar-refractivity contribution in [2.24, 2.45) is 5.92 Å². The van der Waals surface area contributed by atoms with E-state index in [2.05, 4.69) is 0 Å². The van der Waals surface area contributed by atoms with Gasteiger partial charge in [0.2, 0.25) is 0 Å². The molecule has 1 aromatic carbocycles. The molecule has 0 aliphatic heterocycles. The highest BCUT2D eigenvalue weighted by atomic mass is 35.5. The van der Waals surface area contributed by atoms with Gasteiger partial charge in [-0.25, -0.2) is 4.79 Å². The minimum Gasteiger partial charge on any atom is -0.478 e. The third-order valence-electron chi connectivity index (χ3n) is 5.33. The van der Waals surface area contributed by atoms with E-state index in [1.165, 1.54) is 13.0 Å². The van der Waals surface area contributed by atoms with Gasteiger partial charge in [-0.15, -0.1) is 0 Å². The van der Waals surface area contributed by atoms with Crippen LogP contribution in [0.5, 0.6) is 0 Å². The highest BCUT2D eigenvalue weighted by molar-refractivity contribution is 6.42. The number of fused-ring (bicyclic) bond motifs is 1. The zero-order chi connectivity index (χ0) is 22.2. The standard InChI is InChI=1S/C22H20Cl2F3NO2/c1-12(21(29)30)3-4-13(2)28-19-8-6-16(22(25,26)27)9-15(19)11-20(28)14-5-7-17(23)18(24)10-14/h3-5,7,10-11,16H,6,8-9H2,1-2H3,(H,29,30)/b12-3+,13-4+. The summed E-state index contributed by atoms with van der Waals surface area (Å²) in [5.41, 5.74) is 3.69. The van der Waals surface area contributed by atoms with Crippen molar-refractivity contribution in [1.82, 2.24) is 4.57 Å². The summed E-state index contributed by atoms with van der Waals surface area (Å²) >= 11 is 12.2. The van der Waals surface area contributed by atoms with Crippen LogP contribution >= 0.6 is 23.2 Å². The summed E-state index contributed by atoms with van der Waals surface area (Å²) in [7, 11) is 0. The highest BCUT2D eigenvalue weighted by Crippen LogP contribution is 2.41. The van der Waals surface area contributed by atoms with Gasteiger partial charge in [-0.2, -0.15) is 13.2 Å². The van der Waals surface area contributed by atoms with Crippen LogP contribution in [0.3, 0.4) is 0 Å². The van der Waals surface area contributed by atoms with Crippen molar-refractivity contribution in [2.75, 3.05) is 0 Å². The van der Waals surface area contributed by atoms with Crippen LogP contribution in [0.4, 0.5) is 13.2 Å². The van der Waals surface area contributed by atoms with E-state index in [4.69, 9.17) is 28.3 Å². The lowest BCUT2D eigenvalue weighted by atomic mass is 9.87. The SMILES string of the molecule is C/C(=C\C=C(/C)n1c(-c2ccc(Cl)c(Cl)c2)cc2c1CCC(C(F)(F)F)C2)C(=O)O. The highest BCUT2D eigenvalue weighted by Gasteiger charge is 2.42. The minimum absolute atomic E-state index is 0.0125. The average Bonchev–Trinajstić information content (AvgIpc) is 3.05. The van der Waals surface area contributed by atoms with Crippen molar-refractivity contribution >= 4 is 34.9 Å². The number of aromatic nitrogens is 1. The van der Waals surface area contributed by atoms with Gasteiger partial charge in [0.15, 0.2) is 0 Å². The first kappa shape index (κ1) is 22.5. The monoisotopic (exact) mass is 457 g/mol. The number of aliphatic carboxylic acids is 1. The fourth-order valence-electron chi connectivity index (χ4n) is 3.67. The predicted octanol–water partition coefficient (Wildman–Crippen LogP) is 7.02. The van der Waals surface area contributed by atoms with E-state index in [1.807, 2.05) is 4.57 Å². The molecule has 1 heterocycles. The Hall–Kier alpha value is -2.18. The molecule has 3 rings (SSSR count). The summed E-state index contributed by atoms with van der Waals surface area (Å²) in [6.45, 7) is 3.27. The summed E-state index contributed by atoms with van der Waals surface area (Å²) in [5.74, 6) is -2.41. The van der Waals surface area contributed by atoms with Crippen LogP contribution in [0, 0.1) is 5.92 Å². The van der Waals surface area contributed by atoms with Gasteiger partial charge in [-0.05, 0) is 62.9 Å². The maximum Gasteiger partial charge on any atom is 0.392 e. The van der Waals surface area contributed by atoms with Crippen molar-refractivity contribution in [3.8, 4) is 11.3 Å². The van der Waals surface area contributed by atoms with Gasteiger partial charge in [0, 0.05) is 22.5 Å². The Balaban J connectivity index is 2.15. The summed E-state index contributed by atoms with van der Waals surface area (Å²) in [6, 6.07) is 6.84. The van der Waals surface area contributed by atoms with Crippen LogP contribution < -0.4 is 0 Å². The largest absolute Gasteiger partial charge is 0.478 e. The number of alkyl halides is 3. The van der Waals surface area contributed by atoms with E-state index < -0.39 is 18.1 Å². The molecule has 3 nitrogen and oxygen atoms in total. The Bertz CT molecular complexity index is 1050. The lowest BCUT2D eigenvalue weighted by Gasteiger charge is -2.26. The zero-order valence-electron chi connectivity index (χ0n) is 16.4. The second-order valence-electron chi connectivity index (χ2n) is 7.41. The molecule has 160 valence electrons. The summed E-state index contributed by atoms with van der Waals surface area (Å²) < 4.78 is 41.8. The number of halogens is 5. The van der Waals surface area contributed by atoms with E-state index in [-0.39, 0.29) is 24.8 Å². The lowest BCUT2D eigenvalue weighted by molar-refractivity contribution is -0.177. The molecule has 0 saturated heterocycles. The van der Waals surface area contributed by atoms with Crippen LogP contribution in [0.25, 0.3) is 17.0 Å². The molecule has 0 saturated carbocycles. The molecule has 0 fully saturated rings. The van der Waals surface area contributed by atoms with Crippen molar-refractivity contribution in [3.63, 3.8) is 0 Å². The topological polar surface area (TPSA) is 42.2 Å². The minimum atomic E-state index is -4.24. The number of hydrogen-bond donors (Lipinski definition) is 1. The molecule has 1 N–H and O–H groups in total. The molecule has 1 aliphatic rings. The fourth-order valence-corrected chi connectivity index (χ4v) is 3.97. The first-order valence-corrected chi connectivity index (χ1v) is 10.1. The second kappa shape index (κ2) is 8.52. The number of carboxylic acids is 1. The molecule has 30 heavy (non-hydrogen) atoms. The van der Waals surface area contributed by atoms with Crippen LogP contribution in [-0.4, -0.2) is 21.8 Å². The molecule has 0 bridgehead atoms. The Morgan fingerprint density at radius 2 is 1.87 bits per heavy atom. The molecule has 8 heteroatoms. The van der Waals surface area contributed by atoms with E-state index >= 15 is 0 Å². The van der Waals surface area contributed by atoms with E-state index in [0.717, 1.165) is 5.69 Å². The van der Waals surface area contributed by atoms with Gasteiger partial charge in [-0.1, -0.05) is 35.3 Å². The molecular weight excluding hydrogens is 438 g/mol. The number of hydrogen-bond acceptors (Lipinski definition) is 1. The van der Waals surface area contributed by atoms with Gasteiger partial charge < -0.3 is 9.67 Å². The normalized spacial score (nSPS) is 17.8. The number of carboxylic acid groups (broad SMARTS) is 1. The van der Waals surface area contributed by atoms with Gasteiger partial charge in [-0.3, -0.25) is 0 Å². The Kier molecular flexibility index (Phi) is 6.39. The van der Waals surface area contributed by atoms with Gasteiger partial charge >= 0.3 is 12.1 Å². The van der Waals surface area contributed by atoms with Gasteiger partial charge in [0.1, 0.15) is 0 Å². The number of nitrogens with zero attached hydrogens (tertiary/aromatic N) is 1.